The highest BCUT2D eigenvalue weighted by Crippen LogP contribution is 2.51. The van der Waals surface area contributed by atoms with Gasteiger partial charge in [-0.15, -0.1) is 11.8 Å². The number of phenols is 1. The number of nitrogens with one attached hydrogen (secondary N) is 2. The number of sulfone groups is 1. The van der Waals surface area contributed by atoms with Gasteiger partial charge in [0.05, 0.1) is 11.2 Å². The second kappa shape index (κ2) is 13.0. The highest BCUT2D eigenvalue weighted by Gasteiger charge is 2.68. The first-order chi connectivity index (χ1) is 24.0. The predicted octanol–water partition coefficient (Wildman–Crippen LogP) is 1.08. The van der Waals surface area contributed by atoms with E-state index in [9.17, 15) is 42.3 Å². The van der Waals surface area contributed by atoms with Gasteiger partial charge in [-0.3, -0.25) is 14.4 Å². The van der Waals surface area contributed by atoms with Crippen molar-refractivity contribution in [3.8, 4) is 5.75 Å². The fourth-order valence-corrected chi connectivity index (χ4v) is 10.5. The number of phenolic OH excluding ortho intramolecular Hbond substituents is 1. The Bertz CT molecular complexity index is 1890. The van der Waals surface area contributed by atoms with Gasteiger partial charge in [-0.1, -0.05) is 42.5 Å². The van der Waals surface area contributed by atoms with Crippen LogP contribution in [0.5, 0.6) is 5.75 Å². The Morgan fingerprint density at radius 2 is 1.57 bits per heavy atom. The lowest BCUT2D eigenvalue weighted by molar-refractivity contribution is -0.167. The standard InChI is InChI=1S/C33H36N4O12S2/c1-32(2)24(29(42)47-15-17-8-6-5-7-9-17)37-27(41)23(28(37)50-32)34-26(40)22(18-10-12-19(38)13-11-18)35-31(44)49-16-48-30(43)25-33(3,4)51(45,46)21-14-20(39)36(21)25/h5-13,21-25,28,38H,14-16H2,1-4H3,(H,34,40)(H,35,44)/t21-,22?,23-,24+,25+,28-/m1/s1. The van der Waals surface area contributed by atoms with Crippen LogP contribution in [0.25, 0.3) is 0 Å². The Morgan fingerprint density at radius 1 is 0.922 bits per heavy atom. The summed E-state index contributed by atoms with van der Waals surface area (Å²) in [5, 5.41) is 13.0. The van der Waals surface area contributed by atoms with Crippen molar-refractivity contribution in [2.75, 3.05) is 6.79 Å². The Morgan fingerprint density at radius 3 is 2.22 bits per heavy atom. The summed E-state index contributed by atoms with van der Waals surface area (Å²) in [5.74, 6) is -3.66. The van der Waals surface area contributed by atoms with E-state index in [1.807, 2.05) is 30.3 Å². The zero-order valence-electron chi connectivity index (χ0n) is 27.9. The van der Waals surface area contributed by atoms with Crippen molar-refractivity contribution < 1.29 is 56.5 Å². The average molecular weight is 745 g/mol. The molecule has 272 valence electrons. The molecule has 51 heavy (non-hydrogen) atoms. The SMILES string of the molecule is CC1(C)S[C@@H]2[C@H](NC(=O)C(NC(=O)OCOC(=O)[C@@H]3N4C(=O)C[C@H]4S(=O)(=O)C3(C)C)c3ccc(O)cc3)C(=O)N2[C@H]1C(=O)OCc1ccccc1. The van der Waals surface area contributed by atoms with Crippen LogP contribution in [0.4, 0.5) is 4.79 Å². The maximum Gasteiger partial charge on any atom is 0.410 e. The molecule has 6 rings (SSSR count). The zero-order chi connectivity index (χ0) is 37.0. The molecule has 0 radical (unpaired) electrons. The molecule has 18 heteroatoms. The summed E-state index contributed by atoms with van der Waals surface area (Å²) in [7, 11) is -3.87. The molecule has 1 unspecified atom stereocenters. The van der Waals surface area contributed by atoms with Crippen molar-refractivity contribution in [1.82, 2.24) is 20.4 Å². The lowest BCUT2D eigenvalue weighted by Gasteiger charge is -2.44. The van der Waals surface area contributed by atoms with Crippen molar-refractivity contribution >= 4 is 57.4 Å². The number of rotatable bonds is 10. The first kappa shape index (κ1) is 36.0. The highest BCUT2D eigenvalue weighted by molar-refractivity contribution is 8.01. The molecule has 0 aromatic heterocycles. The highest BCUT2D eigenvalue weighted by atomic mass is 32.2. The number of benzene rings is 2. The van der Waals surface area contributed by atoms with Crippen molar-refractivity contribution in [3.63, 3.8) is 0 Å². The number of nitrogens with zero attached hydrogens (tertiary/aromatic N) is 2. The summed E-state index contributed by atoms with van der Waals surface area (Å²) in [6.45, 7) is 5.27. The van der Waals surface area contributed by atoms with Gasteiger partial charge in [-0.05, 0) is 51.0 Å². The number of fused-ring (bicyclic) bond motifs is 2. The number of carbonyl (C=O) groups excluding carboxylic acids is 6. The van der Waals surface area contributed by atoms with Crippen LogP contribution in [0, 0.1) is 0 Å². The first-order valence-electron chi connectivity index (χ1n) is 15.9. The van der Waals surface area contributed by atoms with E-state index in [2.05, 4.69) is 10.6 Å². The van der Waals surface area contributed by atoms with Crippen molar-refractivity contribution in [2.24, 2.45) is 0 Å². The number of aromatic hydroxyl groups is 1. The van der Waals surface area contributed by atoms with Crippen LogP contribution in [0.2, 0.25) is 0 Å². The van der Waals surface area contributed by atoms with Gasteiger partial charge in [-0.2, -0.15) is 0 Å². The van der Waals surface area contributed by atoms with Gasteiger partial charge in [0, 0.05) is 4.75 Å². The number of amides is 4. The van der Waals surface area contributed by atoms with Crippen molar-refractivity contribution in [2.45, 2.75) is 85.1 Å². The molecule has 2 aromatic rings. The van der Waals surface area contributed by atoms with Crippen LogP contribution >= 0.6 is 11.8 Å². The third kappa shape index (κ3) is 6.23. The van der Waals surface area contributed by atoms with Crippen LogP contribution < -0.4 is 10.6 Å². The van der Waals surface area contributed by atoms with E-state index in [1.54, 1.807) is 13.8 Å². The Labute approximate surface area is 297 Å². The third-order valence-corrected chi connectivity index (χ3v) is 13.9. The summed E-state index contributed by atoms with van der Waals surface area (Å²) in [5.41, 5.74) is 0.981. The molecule has 4 fully saturated rings. The molecular weight excluding hydrogens is 709 g/mol. The normalized spacial score (nSPS) is 26.8. The Kier molecular flexibility index (Phi) is 9.20. The van der Waals surface area contributed by atoms with Crippen LogP contribution in [0.1, 0.15) is 51.3 Å². The molecule has 0 saturated carbocycles. The monoisotopic (exact) mass is 744 g/mol. The van der Waals surface area contributed by atoms with E-state index in [0.717, 1.165) is 10.5 Å². The molecule has 0 spiro atoms. The molecule has 0 bridgehead atoms. The summed E-state index contributed by atoms with van der Waals surface area (Å²) in [4.78, 5) is 80.4. The van der Waals surface area contributed by atoms with E-state index in [1.165, 1.54) is 54.8 Å². The van der Waals surface area contributed by atoms with Crippen LogP contribution in [-0.4, -0.2) is 104 Å². The summed E-state index contributed by atoms with van der Waals surface area (Å²) < 4.78 is 38.7. The average Bonchev–Trinajstić information content (AvgIpc) is 3.40. The van der Waals surface area contributed by atoms with E-state index < -0.39 is 96.8 Å². The van der Waals surface area contributed by atoms with E-state index in [4.69, 9.17) is 14.2 Å². The molecule has 3 N–H and O–H groups in total. The fraction of sp³-hybridized carbons (Fsp3) is 0.455. The van der Waals surface area contributed by atoms with Crippen LogP contribution in [0.3, 0.4) is 0 Å². The molecule has 0 aliphatic carbocycles. The number of β-lactam (4-membered cyclic amide) rings is 2. The number of esters is 2. The fourth-order valence-electron chi connectivity index (χ4n) is 6.73. The second-order valence-electron chi connectivity index (χ2n) is 13.5. The number of thioether (sulfide) groups is 1. The molecular formula is C33H36N4O12S2. The maximum absolute atomic E-state index is 13.6. The van der Waals surface area contributed by atoms with Crippen LogP contribution in [-0.2, 0) is 54.6 Å². The Hall–Kier alpha value is -4.84. The van der Waals surface area contributed by atoms with Gasteiger partial charge in [-0.25, -0.2) is 22.8 Å². The minimum absolute atomic E-state index is 0.0259. The predicted molar refractivity (Wildman–Crippen MR) is 178 cm³/mol. The van der Waals surface area contributed by atoms with Gasteiger partial charge >= 0.3 is 18.0 Å². The second-order valence-corrected chi connectivity index (χ2v) is 18.0. The molecule has 16 nitrogen and oxygen atoms in total. The number of carbonyl (C=O) groups is 6. The lowest BCUT2D eigenvalue weighted by atomic mass is 9.95. The molecule has 2 aromatic carbocycles. The molecule has 4 amide bonds. The van der Waals surface area contributed by atoms with E-state index >= 15 is 0 Å². The molecule has 4 aliphatic rings. The minimum Gasteiger partial charge on any atom is -0.508 e. The topological polar surface area (TPSA) is 215 Å². The Balaban J connectivity index is 1.08. The smallest absolute Gasteiger partial charge is 0.410 e. The number of ether oxygens (including phenoxy) is 3. The number of hydrogen-bond donors (Lipinski definition) is 3. The third-order valence-electron chi connectivity index (χ3n) is 9.53. The summed E-state index contributed by atoms with van der Waals surface area (Å²) >= 11 is 1.32. The molecule has 4 heterocycles. The number of alkyl carbamates (subject to hydrolysis) is 1. The first-order valence-corrected chi connectivity index (χ1v) is 18.3. The van der Waals surface area contributed by atoms with Gasteiger partial charge < -0.3 is 39.8 Å². The largest absolute Gasteiger partial charge is 0.508 e. The van der Waals surface area contributed by atoms with E-state index in [-0.39, 0.29) is 24.3 Å². The number of hydrogen-bond acceptors (Lipinski definition) is 13. The lowest BCUT2D eigenvalue weighted by Crippen LogP contribution is -2.71. The molecule has 4 saturated heterocycles. The van der Waals surface area contributed by atoms with E-state index in [0.29, 0.717) is 0 Å². The quantitative estimate of drug-likeness (QED) is 0.177. The summed E-state index contributed by atoms with van der Waals surface area (Å²) in [6.07, 6.45) is -1.45. The minimum atomic E-state index is -3.87. The van der Waals surface area contributed by atoms with Gasteiger partial charge in [0.1, 0.15) is 47.3 Å². The molecule has 6 atom stereocenters. The summed E-state index contributed by atoms with van der Waals surface area (Å²) in [6, 6.07) is 9.50. The van der Waals surface area contributed by atoms with Crippen molar-refractivity contribution in [3.05, 3.63) is 65.7 Å². The zero-order valence-corrected chi connectivity index (χ0v) is 29.6. The van der Waals surface area contributed by atoms with Gasteiger partial charge in [0.2, 0.25) is 24.5 Å². The van der Waals surface area contributed by atoms with Gasteiger partial charge in [0.15, 0.2) is 9.84 Å². The maximum atomic E-state index is 13.6. The van der Waals surface area contributed by atoms with Crippen molar-refractivity contribution in [1.29, 1.82) is 0 Å². The van der Waals surface area contributed by atoms with Crippen LogP contribution in [0.15, 0.2) is 54.6 Å². The molecule has 4 aliphatic heterocycles. The van der Waals surface area contributed by atoms with Gasteiger partial charge in [0.25, 0.3) is 0 Å².